The van der Waals surface area contributed by atoms with Gasteiger partial charge in [0.1, 0.15) is 5.75 Å². The van der Waals surface area contributed by atoms with Gasteiger partial charge in [0, 0.05) is 54.3 Å². The number of carbonyl (C=O) groups is 1. The summed E-state index contributed by atoms with van der Waals surface area (Å²) in [6.45, 7) is 7.03. The SMILES string of the molecule is C=C1CCc2ccc(OCC(=O)N3CCN(c4ccc(Cl)cc4)CC3)cc2N1. The smallest absolute Gasteiger partial charge is 0.260 e. The van der Waals surface area contributed by atoms with Gasteiger partial charge in [0.25, 0.3) is 5.91 Å². The van der Waals surface area contributed by atoms with E-state index in [1.165, 1.54) is 5.56 Å². The normalized spacial score (nSPS) is 16.4. The largest absolute Gasteiger partial charge is 0.484 e. The molecule has 0 bridgehead atoms. The quantitative estimate of drug-likeness (QED) is 0.848. The fourth-order valence-electron chi connectivity index (χ4n) is 3.62. The molecule has 5 nitrogen and oxygen atoms in total. The summed E-state index contributed by atoms with van der Waals surface area (Å²) in [6.07, 6.45) is 1.94. The van der Waals surface area contributed by atoms with E-state index in [-0.39, 0.29) is 12.5 Å². The first-order valence-electron chi connectivity index (χ1n) is 9.57. The molecule has 2 aromatic rings. The summed E-state index contributed by atoms with van der Waals surface area (Å²) in [5, 5.41) is 4.02. The van der Waals surface area contributed by atoms with Gasteiger partial charge in [-0.05, 0) is 48.7 Å². The number of allylic oxidation sites excluding steroid dienone is 1. The van der Waals surface area contributed by atoms with Gasteiger partial charge in [-0.15, -0.1) is 0 Å². The molecular formula is C22H24ClN3O2. The van der Waals surface area contributed by atoms with Gasteiger partial charge >= 0.3 is 0 Å². The standard InChI is InChI=1S/C22H24ClN3O2/c1-16-2-3-17-4-9-20(14-21(17)24-16)28-15-22(27)26-12-10-25(11-13-26)19-7-5-18(23)6-8-19/h4-9,14,24H,1-3,10-13,15H2. The van der Waals surface area contributed by atoms with Crippen LogP contribution in [0.1, 0.15) is 12.0 Å². The fraction of sp³-hybridized carbons (Fsp3) is 0.318. The molecule has 2 heterocycles. The predicted molar refractivity (Wildman–Crippen MR) is 113 cm³/mol. The van der Waals surface area contributed by atoms with E-state index >= 15 is 0 Å². The number of ether oxygens (including phenoxy) is 1. The van der Waals surface area contributed by atoms with Crippen molar-refractivity contribution in [2.45, 2.75) is 12.8 Å². The van der Waals surface area contributed by atoms with Crippen LogP contribution in [0.3, 0.4) is 0 Å². The second-order valence-corrected chi connectivity index (χ2v) is 7.62. The van der Waals surface area contributed by atoms with Crippen LogP contribution in [0, 0.1) is 0 Å². The molecule has 2 aliphatic rings. The summed E-state index contributed by atoms with van der Waals surface area (Å²) in [7, 11) is 0. The number of aryl methyl sites for hydroxylation is 1. The second kappa shape index (κ2) is 8.15. The Kier molecular flexibility index (Phi) is 5.44. The number of benzene rings is 2. The van der Waals surface area contributed by atoms with Crippen LogP contribution in [0.2, 0.25) is 5.02 Å². The number of piperazine rings is 1. The summed E-state index contributed by atoms with van der Waals surface area (Å²) in [5.41, 5.74) is 4.43. The maximum absolute atomic E-state index is 12.5. The Bertz CT molecular complexity index is 874. The molecule has 0 saturated carbocycles. The van der Waals surface area contributed by atoms with E-state index in [1.807, 2.05) is 41.3 Å². The summed E-state index contributed by atoms with van der Waals surface area (Å²) in [4.78, 5) is 16.7. The summed E-state index contributed by atoms with van der Waals surface area (Å²) in [6, 6.07) is 13.8. The van der Waals surface area contributed by atoms with Gasteiger partial charge in [-0.1, -0.05) is 24.2 Å². The minimum Gasteiger partial charge on any atom is -0.484 e. The Morgan fingerprint density at radius 3 is 2.57 bits per heavy atom. The van der Waals surface area contributed by atoms with Crippen molar-refractivity contribution < 1.29 is 9.53 Å². The maximum Gasteiger partial charge on any atom is 0.260 e. The average molecular weight is 398 g/mol. The zero-order valence-corrected chi connectivity index (χ0v) is 16.5. The number of nitrogens with one attached hydrogen (secondary N) is 1. The Labute approximate surface area is 170 Å². The molecule has 146 valence electrons. The van der Waals surface area contributed by atoms with Crippen molar-refractivity contribution in [3.05, 3.63) is 65.3 Å². The van der Waals surface area contributed by atoms with Crippen LogP contribution in [0.5, 0.6) is 5.75 Å². The van der Waals surface area contributed by atoms with Crippen LogP contribution >= 0.6 is 11.6 Å². The highest BCUT2D eigenvalue weighted by Crippen LogP contribution is 2.29. The highest BCUT2D eigenvalue weighted by Gasteiger charge is 2.22. The van der Waals surface area contributed by atoms with Crippen LogP contribution in [0.25, 0.3) is 0 Å². The summed E-state index contributed by atoms with van der Waals surface area (Å²) < 4.78 is 5.76. The lowest BCUT2D eigenvalue weighted by Crippen LogP contribution is -2.50. The zero-order valence-electron chi connectivity index (χ0n) is 15.8. The van der Waals surface area contributed by atoms with Crippen LogP contribution < -0.4 is 15.0 Å². The third kappa shape index (κ3) is 4.25. The maximum atomic E-state index is 12.5. The van der Waals surface area contributed by atoms with Crippen molar-refractivity contribution in [2.75, 3.05) is 43.0 Å². The van der Waals surface area contributed by atoms with E-state index in [4.69, 9.17) is 16.3 Å². The van der Waals surface area contributed by atoms with Crippen molar-refractivity contribution in [3.63, 3.8) is 0 Å². The third-order valence-corrected chi connectivity index (χ3v) is 5.53. The number of fused-ring (bicyclic) bond motifs is 1. The van der Waals surface area contributed by atoms with E-state index in [1.54, 1.807) is 0 Å². The summed E-state index contributed by atoms with van der Waals surface area (Å²) >= 11 is 5.95. The van der Waals surface area contributed by atoms with Gasteiger partial charge in [0.05, 0.1) is 0 Å². The van der Waals surface area contributed by atoms with Gasteiger partial charge in [-0.3, -0.25) is 4.79 Å². The van der Waals surface area contributed by atoms with Gasteiger partial charge in [0.15, 0.2) is 6.61 Å². The van der Waals surface area contributed by atoms with Gasteiger partial charge in [-0.25, -0.2) is 0 Å². The molecule has 1 N–H and O–H groups in total. The molecule has 0 aromatic heterocycles. The van der Waals surface area contributed by atoms with Gasteiger partial charge in [0.2, 0.25) is 0 Å². The molecule has 0 radical (unpaired) electrons. The molecule has 0 unspecified atom stereocenters. The minimum absolute atomic E-state index is 0.0193. The molecule has 2 aliphatic heterocycles. The van der Waals surface area contributed by atoms with Crippen LogP contribution in [0.15, 0.2) is 54.7 Å². The second-order valence-electron chi connectivity index (χ2n) is 7.18. The molecule has 0 aliphatic carbocycles. The van der Waals surface area contributed by atoms with Crippen molar-refractivity contribution in [3.8, 4) is 5.75 Å². The molecular weight excluding hydrogens is 374 g/mol. The van der Waals surface area contributed by atoms with Gasteiger partial charge < -0.3 is 19.9 Å². The van der Waals surface area contributed by atoms with Crippen LogP contribution in [0.4, 0.5) is 11.4 Å². The average Bonchev–Trinajstić information content (AvgIpc) is 2.72. The molecule has 4 rings (SSSR count). The number of anilines is 2. The first-order chi connectivity index (χ1) is 13.6. The molecule has 2 aromatic carbocycles. The molecule has 1 saturated heterocycles. The summed E-state index contributed by atoms with van der Waals surface area (Å²) in [5.74, 6) is 0.722. The molecule has 28 heavy (non-hydrogen) atoms. The lowest BCUT2D eigenvalue weighted by molar-refractivity contribution is -0.133. The third-order valence-electron chi connectivity index (χ3n) is 5.28. The first-order valence-corrected chi connectivity index (χ1v) is 9.95. The van der Waals surface area contributed by atoms with Gasteiger partial charge in [-0.2, -0.15) is 0 Å². The highest BCUT2D eigenvalue weighted by atomic mass is 35.5. The predicted octanol–water partition coefficient (Wildman–Crippen LogP) is 3.94. The van der Waals surface area contributed by atoms with Crippen LogP contribution in [-0.4, -0.2) is 43.6 Å². The van der Waals surface area contributed by atoms with Crippen molar-refractivity contribution in [1.29, 1.82) is 0 Å². The Morgan fingerprint density at radius 1 is 1.07 bits per heavy atom. The van der Waals surface area contributed by atoms with E-state index in [0.717, 1.165) is 48.0 Å². The number of halogens is 1. The number of hydrogen-bond acceptors (Lipinski definition) is 4. The van der Waals surface area contributed by atoms with E-state index in [2.05, 4.69) is 22.9 Å². The van der Waals surface area contributed by atoms with Crippen molar-refractivity contribution >= 4 is 28.9 Å². The highest BCUT2D eigenvalue weighted by molar-refractivity contribution is 6.30. The van der Waals surface area contributed by atoms with Crippen LogP contribution in [-0.2, 0) is 11.2 Å². The number of amides is 1. The molecule has 0 atom stereocenters. The molecule has 6 heteroatoms. The van der Waals surface area contributed by atoms with E-state index in [9.17, 15) is 4.79 Å². The lowest BCUT2D eigenvalue weighted by Gasteiger charge is -2.36. The minimum atomic E-state index is 0.0193. The Balaban J connectivity index is 1.29. The molecule has 1 amide bonds. The van der Waals surface area contributed by atoms with Crippen molar-refractivity contribution in [2.24, 2.45) is 0 Å². The number of carbonyl (C=O) groups excluding carboxylic acids is 1. The van der Waals surface area contributed by atoms with E-state index in [0.29, 0.717) is 18.8 Å². The number of nitrogens with zero attached hydrogens (tertiary/aromatic N) is 2. The van der Waals surface area contributed by atoms with Crippen molar-refractivity contribution in [1.82, 2.24) is 4.90 Å². The topological polar surface area (TPSA) is 44.8 Å². The first kappa shape index (κ1) is 18.7. The zero-order chi connectivity index (χ0) is 19.5. The Morgan fingerprint density at radius 2 is 1.82 bits per heavy atom. The molecule has 0 spiro atoms. The Hall–Kier alpha value is -2.66. The number of hydrogen-bond donors (Lipinski definition) is 1. The lowest BCUT2D eigenvalue weighted by atomic mass is 10.0. The fourth-order valence-corrected chi connectivity index (χ4v) is 3.75. The van der Waals surface area contributed by atoms with E-state index < -0.39 is 0 Å². The molecule has 1 fully saturated rings. The number of rotatable bonds is 4. The monoisotopic (exact) mass is 397 g/mol.